The van der Waals surface area contributed by atoms with Crippen LogP contribution in [-0.4, -0.2) is 4.98 Å². The molecule has 0 spiro atoms. The maximum atomic E-state index is 3.83. The second-order valence-corrected chi connectivity index (χ2v) is 6.76. The Balaban J connectivity index is 2.17. The second-order valence-electron chi connectivity index (χ2n) is 6.76. The van der Waals surface area contributed by atoms with Crippen molar-refractivity contribution in [1.82, 2.24) is 4.98 Å². The lowest BCUT2D eigenvalue weighted by Gasteiger charge is -2.21. The molecule has 1 heteroatoms. The first-order valence-corrected chi connectivity index (χ1v) is 8.13. The standard InChI is InChI=1S/C22H21N/c1-5-9-20-14(6-2)17-12-16-15-10-7-8-11-18(15)22(3,4)19(16)13-21(17)23-20/h5-13,23H,1H2,2-4H3/b14-6-,20-9+. The normalized spacial score (nSPS) is 16.7. The van der Waals surface area contributed by atoms with Crippen molar-refractivity contribution in [3.05, 3.63) is 70.7 Å². The highest BCUT2D eigenvalue weighted by Gasteiger charge is 2.35. The monoisotopic (exact) mass is 299 g/mol. The van der Waals surface area contributed by atoms with Gasteiger partial charge in [-0.1, -0.05) is 56.8 Å². The van der Waals surface area contributed by atoms with Crippen LogP contribution in [0.25, 0.3) is 34.2 Å². The van der Waals surface area contributed by atoms with Crippen LogP contribution < -0.4 is 10.6 Å². The van der Waals surface area contributed by atoms with Crippen LogP contribution >= 0.6 is 0 Å². The molecule has 0 atom stereocenters. The van der Waals surface area contributed by atoms with E-state index >= 15 is 0 Å². The SMILES string of the molecule is C=C/C=c1/[nH]c2cc3c(cc2/c1=C/C)-c1ccccc1C3(C)C. The third-order valence-electron chi connectivity index (χ3n) is 5.14. The minimum Gasteiger partial charge on any atom is -0.355 e. The zero-order chi connectivity index (χ0) is 16.2. The summed E-state index contributed by atoms with van der Waals surface area (Å²) in [6.07, 6.45) is 6.05. The van der Waals surface area contributed by atoms with Gasteiger partial charge in [0, 0.05) is 26.9 Å². The van der Waals surface area contributed by atoms with Crippen LogP contribution in [0.2, 0.25) is 0 Å². The number of H-pyrrole nitrogens is 1. The van der Waals surface area contributed by atoms with Gasteiger partial charge in [0.2, 0.25) is 0 Å². The number of fused-ring (bicyclic) bond motifs is 4. The average molecular weight is 299 g/mol. The summed E-state index contributed by atoms with van der Waals surface area (Å²) in [7, 11) is 0. The minimum absolute atomic E-state index is 0.0453. The first kappa shape index (κ1) is 14.1. The van der Waals surface area contributed by atoms with Crippen LogP contribution in [-0.2, 0) is 5.41 Å². The Kier molecular flexibility index (Phi) is 2.89. The fourth-order valence-electron chi connectivity index (χ4n) is 3.99. The van der Waals surface area contributed by atoms with E-state index in [1.807, 2.05) is 12.2 Å². The molecular formula is C22H21N. The van der Waals surface area contributed by atoms with E-state index in [1.54, 1.807) is 0 Å². The van der Waals surface area contributed by atoms with Crippen LogP contribution in [0.15, 0.2) is 49.1 Å². The molecule has 1 aliphatic rings. The molecule has 1 nitrogen and oxygen atoms in total. The molecule has 1 aliphatic carbocycles. The number of aromatic amines is 1. The Morgan fingerprint density at radius 1 is 1.04 bits per heavy atom. The van der Waals surface area contributed by atoms with Crippen molar-refractivity contribution in [2.45, 2.75) is 26.2 Å². The zero-order valence-corrected chi connectivity index (χ0v) is 13.9. The third kappa shape index (κ3) is 1.80. The first-order valence-electron chi connectivity index (χ1n) is 8.13. The van der Waals surface area contributed by atoms with E-state index in [0.29, 0.717) is 0 Å². The second kappa shape index (κ2) is 4.73. The molecule has 0 saturated heterocycles. The molecule has 1 N–H and O–H groups in total. The molecule has 0 unspecified atom stereocenters. The van der Waals surface area contributed by atoms with Gasteiger partial charge in [-0.15, -0.1) is 0 Å². The van der Waals surface area contributed by atoms with Crippen molar-refractivity contribution in [2.24, 2.45) is 0 Å². The van der Waals surface area contributed by atoms with Crippen molar-refractivity contribution < 1.29 is 0 Å². The van der Waals surface area contributed by atoms with Gasteiger partial charge in [0.1, 0.15) is 0 Å². The largest absolute Gasteiger partial charge is 0.355 e. The lowest BCUT2D eigenvalue weighted by atomic mass is 9.82. The number of rotatable bonds is 1. The maximum Gasteiger partial charge on any atom is 0.0468 e. The molecule has 0 fully saturated rings. The van der Waals surface area contributed by atoms with Crippen LogP contribution in [0.1, 0.15) is 31.9 Å². The Hall–Kier alpha value is -2.54. The minimum atomic E-state index is 0.0453. The Bertz CT molecular complexity index is 1060. The van der Waals surface area contributed by atoms with E-state index in [4.69, 9.17) is 0 Å². The number of allylic oxidation sites excluding steroid dienone is 1. The Morgan fingerprint density at radius 3 is 2.57 bits per heavy atom. The number of aromatic nitrogens is 1. The van der Waals surface area contributed by atoms with Crippen LogP contribution in [0, 0.1) is 0 Å². The quantitative estimate of drug-likeness (QED) is 0.692. The van der Waals surface area contributed by atoms with Gasteiger partial charge in [-0.3, -0.25) is 0 Å². The smallest absolute Gasteiger partial charge is 0.0468 e. The van der Waals surface area contributed by atoms with Crippen LogP contribution in [0.4, 0.5) is 0 Å². The Labute approximate surface area is 136 Å². The number of benzene rings is 2. The lowest BCUT2D eigenvalue weighted by Crippen LogP contribution is -2.21. The van der Waals surface area contributed by atoms with E-state index in [1.165, 1.54) is 38.4 Å². The van der Waals surface area contributed by atoms with Crippen LogP contribution in [0.3, 0.4) is 0 Å². The van der Waals surface area contributed by atoms with E-state index in [0.717, 1.165) is 5.35 Å². The molecule has 3 aromatic rings. The summed E-state index contributed by atoms with van der Waals surface area (Å²) in [5, 5.41) is 3.67. The number of nitrogens with one attached hydrogen (secondary N) is 1. The first-order chi connectivity index (χ1) is 11.1. The molecule has 0 saturated carbocycles. The number of hydrogen-bond donors (Lipinski definition) is 1. The summed E-state index contributed by atoms with van der Waals surface area (Å²) < 4.78 is 0. The van der Waals surface area contributed by atoms with Crippen molar-refractivity contribution >= 4 is 23.1 Å². The highest BCUT2D eigenvalue weighted by molar-refractivity contribution is 5.92. The fourth-order valence-corrected chi connectivity index (χ4v) is 3.99. The van der Waals surface area contributed by atoms with Gasteiger partial charge in [-0.2, -0.15) is 0 Å². The fraction of sp³-hybridized carbons (Fsp3) is 0.182. The molecular weight excluding hydrogens is 278 g/mol. The third-order valence-corrected chi connectivity index (χ3v) is 5.14. The van der Waals surface area contributed by atoms with E-state index in [2.05, 4.69) is 74.8 Å². The molecule has 0 amide bonds. The topological polar surface area (TPSA) is 15.8 Å². The highest BCUT2D eigenvalue weighted by Crippen LogP contribution is 2.49. The van der Waals surface area contributed by atoms with Crippen molar-refractivity contribution in [3.8, 4) is 11.1 Å². The summed E-state index contributed by atoms with van der Waals surface area (Å²) in [5.74, 6) is 0. The maximum absolute atomic E-state index is 3.83. The predicted molar refractivity (Wildman–Crippen MR) is 99.9 cm³/mol. The molecule has 4 rings (SSSR count). The summed E-state index contributed by atoms with van der Waals surface area (Å²) in [5.41, 5.74) is 6.80. The Morgan fingerprint density at radius 2 is 1.83 bits per heavy atom. The molecule has 23 heavy (non-hydrogen) atoms. The molecule has 1 heterocycles. The molecule has 2 aromatic carbocycles. The lowest BCUT2D eigenvalue weighted by molar-refractivity contribution is 0.661. The summed E-state index contributed by atoms with van der Waals surface area (Å²) in [6.45, 7) is 10.5. The molecule has 114 valence electrons. The van der Waals surface area contributed by atoms with Gasteiger partial charge in [-0.05, 0) is 47.4 Å². The van der Waals surface area contributed by atoms with Crippen molar-refractivity contribution in [1.29, 1.82) is 0 Å². The summed E-state index contributed by atoms with van der Waals surface area (Å²) in [4.78, 5) is 3.55. The molecule has 1 aromatic heterocycles. The van der Waals surface area contributed by atoms with Gasteiger partial charge in [-0.25, -0.2) is 0 Å². The van der Waals surface area contributed by atoms with Crippen molar-refractivity contribution in [2.75, 3.05) is 0 Å². The van der Waals surface area contributed by atoms with Crippen LogP contribution in [0.5, 0.6) is 0 Å². The molecule has 0 aliphatic heterocycles. The highest BCUT2D eigenvalue weighted by atomic mass is 14.7. The van der Waals surface area contributed by atoms with E-state index in [9.17, 15) is 0 Å². The van der Waals surface area contributed by atoms with Gasteiger partial charge >= 0.3 is 0 Å². The van der Waals surface area contributed by atoms with Gasteiger partial charge < -0.3 is 4.98 Å². The van der Waals surface area contributed by atoms with Gasteiger partial charge in [0.05, 0.1) is 0 Å². The summed E-state index contributed by atoms with van der Waals surface area (Å²) in [6, 6.07) is 13.5. The molecule has 0 radical (unpaired) electrons. The molecule has 0 bridgehead atoms. The van der Waals surface area contributed by atoms with Gasteiger partial charge in [0.15, 0.2) is 0 Å². The number of hydrogen-bond acceptors (Lipinski definition) is 0. The zero-order valence-electron chi connectivity index (χ0n) is 13.9. The summed E-state index contributed by atoms with van der Waals surface area (Å²) >= 11 is 0. The average Bonchev–Trinajstić information content (AvgIpc) is 3.00. The van der Waals surface area contributed by atoms with E-state index < -0.39 is 0 Å². The van der Waals surface area contributed by atoms with E-state index in [-0.39, 0.29) is 5.41 Å². The predicted octanol–water partition coefficient (Wildman–Crippen LogP) is 4.24. The van der Waals surface area contributed by atoms with Gasteiger partial charge in [0.25, 0.3) is 0 Å². The van der Waals surface area contributed by atoms with Crippen molar-refractivity contribution in [3.63, 3.8) is 0 Å².